The van der Waals surface area contributed by atoms with Crippen LogP contribution in [0.25, 0.3) is 0 Å². The van der Waals surface area contributed by atoms with Crippen molar-refractivity contribution in [1.82, 2.24) is 10.2 Å². The molecule has 0 aliphatic rings. The molecular formula is C27H27BrF3N3O4S. The van der Waals surface area contributed by atoms with E-state index in [-0.39, 0.29) is 17.1 Å². The van der Waals surface area contributed by atoms with E-state index in [1.54, 1.807) is 37.3 Å². The third-order valence-corrected chi connectivity index (χ3v) is 8.11. The van der Waals surface area contributed by atoms with E-state index >= 15 is 0 Å². The minimum Gasteiger partial charge on any atom is -0.355 e. The van der Waals surface area contributed by atoms with Crippen LogP contribution in [0, 0.1) is 0 Å². The maximum Gasteiger partial charge on any atom is 0.416 e. The molecule has 1 unspecified atom stereocenters. The van der Waals surface area contributed by atoms with E-state index in [2.05, 4.69) is 21.2 Å². The van der Waals surface area contributed by atoms with Gasteiger partial charge in [-0.05, 0) is 61.9 Å². The van der Waals surface area contributed by atoms with Crippen LogP contribution in [-0.2, 0) is 32.3 Å². The van der Waals surface area contributed by atoms with E-state index in [0.717, 1.165) is 16.6 Å². The second-order valence-corrected chi connectivity index (χ2v) is 11.4. The molecule has 2 amide bonds. The minimum atomic E-state index is -4.73. The highest BCUT2D eigenvalue weighted by Gasteiger charge is 2.35. The molecule has 1 N–H and O–H groups in total. The Labute approximate surface area is 233 Å². The number of carbonyl (C=O) groups excluding carboxylic acids is 2. The Morgan fingerprint density at radius 3 is 2.26 bits per heavy atom. The highest BCUT2D eigenvalue weighted by atomic mass is 79.9. The van der Waals surface area contributed by atoms with Crippen LogP contribution >= 0.6 is 15.9 Å². The standard InChI is InChI=1S/C27H27BrF3N3O4S/c1-3-32-26(36)19(2)33(17-20-9-7-11-22(28)15-20)25(35)18-34(39(37,38)24-13-5-4-6-14-24)23-12-8-10-21(16-23)27(29,30)31/h4-16,19H,3,17-18H2,1-2H3,(H,32,36). The molecule has 0 radical (unpaired) electrons. The molecule has 39 heavy (non-hydrogen) atoms. The predicted molar refractivity (Wildman–Crippen MR) is 145 cm³/mol. The summed E-state index contributed by atoms with van der Waals surface area (Å²) in [5.41, 5.74) is -0.747. The van der Waals surface area contributed by atoms with Gasteiger partial charge in [-0.2, -0.15) is 13.2 Å². The molecule has 0 saturated carbocycles. The first-order chi connectivity index (χ1) is 18.3. The topological polar surface area (TPSA) is 86.8 Å². The Morgan fingerprint density at radius 1 is 0.974 bits per heavy atom. The highest BCUT2D eigenvalue weighted by Crippen LogP contribution is 2.33. The van der Waals surface area contributed by atoms with Crippen molar-refractivity contribution in [3.05, 3.63) is 94.5 Å². The van der Waals surface area contributed by atoms with Crippen LogP contribution in [0.1, 0.15) is 25.0 Å². The second kappa shape index (κ2) is 12.6. The van der Waals surface area contributed by atoms with Crippen molar-refractivity contribution in [2.24, 2.45) is 0 Å². The van der Waals surface area contributed by atoms with Crippen LogP contribution in [0.3, 0.4) is 0 Å². The van der Waals surface area contributed by atoms with Gasteiger partial charge in [0, 0.05) is 17.6 Å². The van der Waals surface area contributed by atoms with Gasteiger partial charge in [-0.15, -0.1) is 0 Å². The lowest BCUT2D eigenvalue weighted by atomic mass is 10.1. The molecule has 0 spiro atoms. The molecule has 0 aromatic heterocycles. The Morgan fingerprint density at radius 2 is 1.64 bits per heavy atom. The lowest BCUT2D eigenvalue weighted by Gasteiger charge is -2.32. The molecule has 0 heterocycles. The van der Waals surface area contributed by atoms with Crippen molar-refractivity contribution in [3.63, 3.8) is 0 Å². The molecule has 0 fully saturated rings. The van der Waals surface area contributed by atoms with Crippen LogP contribution < -0.4 is 9.62 Å². The van der Waals surface area contributed by atoms with E-state index < -0.39 is 46.2 Å². The number of rotatable bonds is 10. The molecule has 208 valence electrons. The van der Waals surface area contributed by atoms with E-state index in [4.69, 9.17) is 0 Å². The summed E-state index contributed by atoms with van der Waals surface area (Å²) < 4.78 is 69.1. The van der Waals surface area contributed by atoms with Crippen molar-refractivity contribution in [1.29, 1.82) is 0 Å². The van der Waals surface area contributed by atoms with Crippen molar-refractivity contribution in [2.75, 3.05) is 17.4 Å². The first kappa shape index (κ1) is 30.2. The third-order valence-electron chi connectivity index (χ3n) is 5.83. The summed E-state index contributed by atoms with van der Waals surface area (Å²) in [6.45, 7) is 2.64. The van der Waals surface area contributed by atoms with Crippen LogP contribution in [0.15, 0.2) is 88.2 Å². The van der Waals surface area contributed by atoms with Gasteiger partial charge >= 0.3 is 6.18 Å². The summed E-state index contributed by atoms with van der Waals surface area (Å²) in [5, 5.41) is 2.64. The number of hydrogen-bond acceptors (Lipinski definition) is 4. The summed E-state index contributed by atoms with van der Waals surface area (Å²) in [5.74, 6) is -1.23. The fourth-order valence-electron chi connectivity index (χ4n) is 3.82. The first-order valence-corrected chi connectivity index (χ1v) is 14.1. The normalized spacial score (nSPS) is 12.5. The average Bonchev–Trinajstić information content (AvgIpc) is 2.90. The number of nitrogens with one attached hydrogen (secondary N) is 1. The summed E-state index contributed by atoms with van der Waals surface area (Å²) >= 11 is 3.36. The van der Waals surface area contributed by atoms with Crippen molar-refractivity contribution in [2.45, 2.75) is 37.5 Å². The number of benzene rings is 3. The lowest BCUT2D eigenvalue weighted by molar-refractivity contribution is -0.139. The van der Waals surface area contributed by atoms with E-state index in [0.29, 0.717) is 22.5 Å². The monoisotopic (exact) mass is 625 g/mol. The second-order valence-electron chi connectivity index (χ2n) is 8.59. The number of halogens is 4. The molecule has 0 aliphatic carbocycles. The molecule has 3 rings (SSSR count). The SMILES string of the molecule is CCNC(=O)C(C)N(Cc1cccc(Br)c1)C(=O)CN(c1cccc(C(F)(F)F)c1)S(=O)(=O)c1ccccc1. The quantitative estimate of drug-likeness (QED) is 0.335. The van der Waals surface area contributed by atoms with Gasteiger partial charge in [0.1, 0.15) is 12.6 Å². The number of anilines is 1. The number of sulfonamides is 1. The molecule has 1 atom stereocenters. The van der Waals surface area contributed by atoms with Gasteiger partial charge in [-0.25, -0.2) is 8.42 Å². The van der Waals surface area contributed by atoms with Gasteiger partial charge in [0.05, 0.1) is 16.1 Å². The van der Waals surface area contributed by atoms with Crippen LogP contribution in [-0.4, -0.2) is 44.3 Å². The van der Waals surface area contributed by atoms with Crippen molar-refractivity contribution >= 4 is 43.5 Å². The molecular weight excluding hydrogens is 599 g/mol. The summed E-state index contributed by atoms with van der Waals surface area (Å²) in [6.07, 6.45) is -4.73. The number of amides is 2. The van der Waals surface area contributed by atoms with Crippen molar-refractivity contribution in [3.8, 4) is 0 Å². The van der Waals surface area contributed by atoms with Gasteiger partial charge in [0.25, 0.3) is 10.0 Å². The number of carbonyl (C=O) groups is 2. The molecule has 7 nitrogen and oxygen atoms in total. The third kappa shape index (κ3) is 7.60. The van der Waals surface area contributed by atoms with Crippen molar-refractivity contribution < 1.29 is 31.2 Å². The number of likely N-dealkylation sites (N-methyl/N-ethyl adjacent to an activating group) is 1. The number of nitrogens with zero attached hydrogens (tertiary/aromatic N) is 2. The van der Waals surface area contributed by atoms with Gasteiger partial charge in [-0.3, -0.25) is 13.9 Å². The zero-order valence-electron chi connectivity index (χ0n) is 21.2. The van der Waals surface area contributed by atoms with Gasteiger partial charge in [0.15, 0.2) is 0 Å². The van der Waals surface area contributed by atoms with Gasteiger partial charge < -0.3 is 10.2 Å². The number of alkyl halides is 3. The van der Waals surface area contributed by atoms with Crippen LogP contribution in [0.2, 0.25) is 0 Å². The summed E-state index contributed by atoms with van der Waals surface area (Å²) in [6, 6.07) is 16.9. The van der Waals surface area contributed by atoms with Crippen LogP contribution in [0.5, 0.6) is 0 Å². The highest BCUT2D eigenvalue weighted by molar-refractivity contribution is 9.10. The molecule has 0 saturated heterocycles. The van der Waals surface area contributed by atoms with Gasteiger partial charge in [-0.1, -0.05) is 52.3 Å². The smallest absolute Gasteiger partial charge is 0.355 e. The fraction of sp³-hybridized carbons (Fsp3) is 0.259. The summed E-state index contributed by atoms with van der Waals surface area (Å²) in [7, 11) is -4.47. The molecule has 0 bridgehead atoms. The Kier molecular flexibility index (Phi) is 9.78. The zero-order chi connectivity index (χ0) is 28.8. The zero-order valence-corrected chi connectivity index (χ0v) is 23.6. The molecule has 3 aromatic carbocycles. The Balaban J connectivity index is 2.08. The Hall–Kier alpha value is -3.38. The van der Waals surface area contributed by atoms with E-state index in [1.807, 2.05) is 0 Å². The van der Waals surface area contributed by atoms with Gasteiger partial charge in [0.2, 0.25) is 11.8 Å². The molecule has 12 heteroatoms. The van der Waals surface area contributed by atoms with Crippen LogP contribution in [0.4, 0.5) is 18.9 Å². The fourth-order valence-corrected chi connectivity index (χ4v) is 5.70. The first-order valence-electron chi connectivity index (χ1n) is 11.9. The van der Waals surface area contributed by atoms with E-state index in [1.165, 1.54) is 42.2 Å². The lowest BCUT2D eigenvalue weighted by Crippen LogP contribution is -2.51. The molecule has 3 aromatic rings. The maximum atomic E-state index is 13.7. The predicted octanol–water partition coefficient (Wildman–Crippen LogP) is 5.22. The minimum absolute atomic E-state index is 0.0433. The largest absolute Gasteiger partial charge is 0.416 e. The Bertz CT molecular complexity index is 1420. The van der Waals surface area contributed by atoms with E-state index in [9.17, 15) is 31.2 Å². The molecule has 0 aliphatic heterocycles. The maximum absolute atomic E-state index is 13.7. The number of hydrogen-bond donors (Lipinski definition) is 1. The average molecular weight is 626 g/mol. The summed E-state index contributed by atoms with van der Waals surface area (Å²) in [4.78, 5) is 27.4.